The molecular formula is C20H26N2O3. The predicted molar refractivity (Wildman–Crippen MR) is 99.3 cm³/mol. The van der Waals surface area contributed by atoms with Gasteiger partial charge in [0, 0.05) is 6.54 Å². The highest BCUT2D eigenvalue weighted by atomic mass is 16.5. The van der Waals surface area contributed by atoms with Gasteiger partial charge >= 0.3 is 6.03 Å². The molecule has 0 aliphatic heterocycles. The fraction of sp³-hybridized carbons (Fsp3) is 0.350. The van der Waals surface area contributed by atoms with Crippen LogP contribution in [0.5, 0.6) is 11.5 Å². The molecule has 5 heteroatoms. The van der Waals surface area contributed by atoms with Crippen molar-refractivity contribution in [1.29, 1.82) is 0 Å². The number of hydrogen-bond acceptors (Lipinski definition) is 3. The van der Waals surface area contributed by atoms with Crippen LogP contribution in [0.3, 0.4) is 0 Å². The van der Waals surface area contributed by atoms with Gasteiger partial charge in [0.25, 0.3) is 0 Å². The van der Waals surface area contributed by atoms with Crippen molar-refractivity contribution in [3.05, 3.63) is 59.7 Å². The van der Waals surface area contributed by atoms with Crippen LogP contribution in [0.2, 0.25) is 0 Å². The van der Waals surface area contributed by atoms with Gasteiger partial charge in [-0.25, -0.2) is 4.79 Å². The fourth-order valence-corrected chi connectivity index (χ4v) is 2.27. The van der Waals surface area contributed by atoms with Crippen LogP contribution in [0.25, 0.3) is 0 Å². The average molecular weight is 342 g/mol. The summed E-state index contributed by atoms with van der Waals surface area (Å²) in [5.74, 6) is 2.11. The number of urea groups is 1. The zero-order valence-corrected chi connectivity index (χ0v) is 15.0. The summed E-state index contributed by atoms with van der Waals surface area (Å²) in [7, 11) is 1.63. The second-order valence-electron chi connectivity index (χ2n) is 6.03. The first-order valence-electron chi connectivity index (χ1n) is 8.46. The molecule has 0 spiro atoms. The maximum absolute atomic E-state index is 11.8. The SMILES string of the molecule is COc1ccc(CNC(=O)NCCOc2ccc(C(C)C)cc2)cc1. The lowest BCUT2D eigenvalue weighted by atomic mass is 10.0. The minimum absolute atomic E-state index is 0.213. The lowest BCUT2D eigenvalue weighted by Crippen LogP contribution is -2.37. The van der Waals surface area contributed by atoms with Crippen LogP contribution >= 0.6 is 0 Å². The van der Waals surface area contributed by atoms with Crippen molar-refractivity contribution in [3.63, 3.8) is 0 Å². The largest absolute Gasteiger partial charge is 0.497 e. The predicted octanol–water partition coefficient (Wildman–Crippen LogP) is 3.70. The molecule has 2 N–H and O–H groups in total. The summed E-state index contributed by atoms with van der Waals surface area (Å²) >= 11 is 0. The van der Waals surface area contributed by atoms with E-state index in [0.29, 0.717) is 25.6 Å². The molecule has 2 aromatic carbocycles. The summed E-state index contributed by atoms with van der Waals surface area (Å²) in [5, 5.41) is 5.58. The third kappa shape index (κ3) is 6.37. The number of nitrogens with one attached hydrogen (secondary N) is 2. The first kappa shape index (κ1) is 18.6. The number of ether oxygens (including phenoxy) is 2. The normalized spacial score (nSPS) is 10.4. The molecule has 0 atom stereocenters. The Kier molecular flexibility index (Phi) is 7.14. The quantitative estimate of drug-likeness (QED) is 0.719. The van der Waals surface area contributed by atoms with E-state index in [2.05, 4.69) is 36.6 Å². The zero-order chi connectivity index (χ0) is 18.1. The van der Waals surface area contributed by atoms with Gasteiger partial charge in [-0.15, -0.1) is 0 Å². The van der Waals surface area contributed by atoms with Crippen molar-refractivity contribution >= 4 is 6.03 Å². The first-order chi connectivity index (χ1) is 12.1. The van der Waals surface area contributed by atoms with Gasteiger partial charge < -0.3 is 20.1 Å². The fourth-order valence-electron chi connectivity index (χ4n) is 2.27. The van der Waals surface area contributed by atoms with Crippen LogP contribution in [0, 0.1) is 0 Å². The van der Waals surface area contributed by atoms with Gasteiger partial charge in [-0.05, 0) is 41.3 Å². The molecule has 2 rings (SSSR count). The zero-order valence-electron chi connectivity index (χ0n) is 15.0. The molecule has 25 heavy (non-hydrogen) atoms. The topological polar surface area (TPSA) is 59.6 Å². The lowest BCUT2D eigenvalue weighted by Gasteiger charge is -2.10. The number of hydrogen-bond donors (Lipinski definition) is 2. The van der Waals surface area contributed by atoms with Crippen LogP contribution in [0.1, 0.15) is 30.9 Å². The number of methoxy groups -OCH3 is 1. The van der Waals surface area contributed by atoms with Crippen molar-refractivity contribution in [2.75, 3.05) is 20.3 Å². The molecule has 0 radical (unpaired) electrons. The molecule has 0 unspecified atom stereocenters. The molecule has 0 saturated heterocycles. The molecule has 0 aliphatic carbocycles. The number of amides is 2. The second-order valence-corrected chi connectivity index (χ2v) is 6.03. The highest BCUT2D eigenvalue weighted by Gasteiger charge is 2.02. The molecule has 5 nitrogen and oxygen atoms in total. The Labute approximate surface area is 149 Å². The Balaban J connectivity index is 1.63. The maximum atomic E-state index is 11.8. The standard InChI is InChI=1S/C20H26N2O3/c1-15(2)17-6-10-19(11-7-17)25-13-12-21-20(23)22-14-16-4-8-18(24-3)9-5-16/h4-11,15H,12-14H2,1-3H3,(H2,21,22,23). The van der Waals surface area contributed by atoms with Gasteiger partial charge in [-0.3, -0.25) is 0 Å². The minimum atomic E-state index is -0.213. The Morgan fingerprint density at radius 1 is 0.960 bits per heavy atom. The van der Waals surface area contributed by atoms with E-state index in [1.54, 1.807) is 7.11 Å². The van der Waals surface area contributed by atoms with Crippen molar-refractivity contribution in [3.8, 4) is 11.5 Å². The Morgan fingerprint density at radius 2 is 1.60 bits per heavy atom. The Hall–Kier alpha value is -2.69. The third-order valence-electron chi connectivity index (χ3n) is 3.82. The van der Waals surface area contributed by atoms with E-state index in [-0.39, 0.29) is 6.03 Å². The van der Waals surface area contributed by atoms with Crippen LogP contribution in [0.4, 0.5) is 4.79 Å². The molecule has 2 amide bonds. The highest BCUT2D eigenvalue weighted by Crippen LogP contribution is 2.18. The van der Waals surface area contributed by atoms with E-state index in [1.165, 1.54) is 5.56 Å². The van der Waals surface area contributed by atoms with Gasteiger partial charge in [0.1, 0.15) is 18.1 Å². The molecular weight excluding hydrogens is 316 g/mol. The molecule has 0 saturated carbocycles. The summed E-state index contributed by atoms with van der Waals surface area (Å²) in [6.07, 6.45) is 0. The summed E-state index contributed by atoms with van der Waals surface area (Å²) in [4.78, 5) is 11.8. The monoisotopic (exact) mass is 342 g/mol. The van der Waals surface area contributed by atoms with Gasteiger partial charge in [0.2, 0.25) is 0 Å². The third-order valence-corrected chi connectivity index (χ3v) is 3.82. The van der Waals surface area contributed by atoms with Gasteiger partial charge in [-0.2, -0.15) is 0 Å². The lowest BCUT2D eigenvalue weighted by molar-refractivity contribution is 0.236. The van der Waals surface area contributed by atoms with Gasteiger partial charge in [0.15, 0.2) is 0 Å². The van der Waals surface area contributed by atoms with E-state index in [0.717, 1.165) is 17.1 Å². The first-order valence-corrected chi connectivity index (χ1v) is 8.46. The molecule has 0 bridgehead atoms. The number of carbonyl (C=O) groups is 1. The molecule has 0 heterocycles. The smallest absolute Gasteiger partial charge is 0.315 e. The molecule has 2 aromatic rings. The number of carbonyl (C=O) groups excluding carboxylic acids is 1. The van der Waals surface area contributed by atoms with E-state index in [9.17, 15) is 4.79 Å². The molecule has 0 fully saturated rings. The van der Waals surface area contributed by atoms with Crippen LogP contribution in [-0.2, 0) is 6.54 Å². The van der Waals surface area contributed by atoms with Crippen molar-refractivity contribution in [2.45, 2.75) is 26.3 Å². The van der Waals surface area contributed by atoms with Crippen molar-refractivity contribution < 1.29 is 14.3 Å². The summed E-state index contributed by atoms with van der Waals surface area (Å²) in [6, 6.07) is 15.4. The van der Waals surface area contributed by atoms with E-state index in [1.807, 2.05) is 36.4 Å². The van der Waals surface area contributed by atoms with Crippen molar-refractivity contribution in [2.24, 2.45) is 0 Å². The Morgan fingerprint density at radius 3 is 2.20 bits per heavy atom. The van der Waals surface area contributed by atoms with Crippen LogP contribution in [-0.4, -0.2) is 26.3 Å². The molecule has 0 aromatic heterocycles. The van der Waals surface area contributed by atoms with Gasteiger partial charge in [0.05, 0.1) is 13.7 Å². The second kappa shape index (κ2) is 9.57. The average Bonchev–Trinajstić information content (AvgIpc) is 2.64. The summed E-state index contributed by atoms with van der Waals surface area (Å²) in [6.45, 7) is 5.65. The van der Waals surface area contributed by atoms with E-state index >= 15 is 0 Å². The van der Waals surface area contributed by atoms with E-state index in [4.69, 9.17) is 9.47 Å². The highest BCUT2D eigenvalue weighted by molar-refractivity contribution is 5.73. The van der Waals surface area contributed by atoms with E-state index < -0.39 is 0 Å². The van der Waals surface area contributed by atoms with Crippen LogP contribution in [0.15, 0.2) is 48.5 Å². The number of rotatable bonds is 8. The van der Waals surface area contributed by atoms with Crippen molar-refractivity contribution in [1.82, 2.24) is 10.6 Å². The summed E-state index contributed by atoms with van der Waals surface area (Å²) in [5.41, 5.74) is 2.29. The number of benzene rings is 2. The maximum Gasteiger partial charge on any atom is 0.315 e. The summed E-state index contributed by atoms with van der Waals surface area (Å²) < 4.78 is 10.7. The Bertz CT molecular complexity index is 652. The van der Waals surface area contributed by atoms with Gasteiger partial charge in [-0.1, -0.05) is 38.1 Å². The van der Waals surface area contributed by atoms with Crippen LogP contribution < -0.4 is 20.1 Å². The molecule has 134 valence electrons. The molecule has 0 aliphatic rings. The minimum Gasteiger partial charge on any atom is -0.497 e.